The molecular formula is C18H16F3N5OS. The highest BCUT2D eigenvalue weighted by Crippen LogP contribution is 2.28. The smallest absolute Gasteiger partial charge is 0.368 e. The number of alkyl halides is 3. The van der Waals surface area contributed by atoms with Gasteiger partial charge < -0.3 is 5.73 Å². The average Bonchev–Trinajstić information content (AvgIpc) is 2.68. The summed E-state index contributed by atoms with van der Waals surface area (Å²) in [4.78, 5) is 12.4. The van der Waals surface area contributed by atoms with Crippen molar-refractivity contribution in [3.05, 3.63) is 55.0 Å². The number of nitrogen functional groups attached to an aromatic ring is 1. The molecule has 2 aromatic heterocycles. The number of anilines is 1. The van der Waals surface area contributed by atoms with Crippen LogP contribution in [0.1, 0.15) is 6.92 Å². The van der Waals surface area contributed by atoms with E-state index in [0.717, 1.165) is 6.92 Å². The lowest BCUT2D eigenvalue weighted by molar-refractivity contribution is -0.146. The summed E-state index contributed by atoms with van der Waals surface area (Å²) >= 11 is 0. The normalized spacial score (nSPS) is 13.9. The molecule has 0 aliphatic heterocycles. The molecular weight excluding hydrogens is 391 g/mol. The molecule has 3 rings (SSSR count). The summed E-state index contributed by atoms with van der Waals surface area (Å²) in [6.45, 7) is 0.922. The SMILES string of the molecule is CC(NS(=O)c1ccccc1-c1ccc(-c2cnc(N)nc2)nc1)C(F)(F)F. The molecule has 28 heavy (non-hydrogen) atoms. The Morgan fingerprint density at radius 1 is 1.00 bits per heavy atom. The van der Waals surface area contributed by atoms with E-state index in [1.54, 1.807) is 36.5 Å². The molecule has 2 unspecified atom stereocenters. The fraction of sp³-hybridized carbons (Fsp3) is 0.167. The van der Waals surface area contributed by atoms with E-state index in [2.05, 4.69) is 19.7 Å². The van der Waals surface area contributed by atoms with Gasteiger partial charge in [0.15, 0.2) is 0 Å². The zero-order valence-electron chi connectivity index (χ0n) is 14.6. The molecule has 0 saturated carbocycles. The molecule has 6 nitrogen and oxygen atoms in total. The maximum atomic E-state index is 12.8. The van der Waals surface area contributed by atoms with Gasteiger partial charge >= 0.3 is 6.18 Å². The molecule has 0 saturated heterocycles. The summed E-state index contributed by atoms with van der Waals surface area (Å²) < 4.78 is 52.8. The minimum absolute atomic E-state index is 0.150. The molecule has 0 amide bonds. The lowest BCUT2D eigenvalue weighted by Crippen LogP contribution is -2.40. The van der Waals surface area contributed by atoms with Gasteiger partial charge in [0.05, 0.1) is 10.6 Å². The second kappa shape index (κ2) is 8.03. The Morgan fingerprint density at radius 3 is 2.25 bits per heavy atom. The maximum Gasteiger partial charge on any atom is 0.404 e. The Labute approximate surface area is 161 Å². The Morgan fingerprint density at radius 2 is 1.64 bits per heavy atom. The van der Waals surface area contributed by atoms with Crippen molar-refractivity contribution in [2.75, 3.05) is 5.73 Å². The number of aromatic nitrogens is 3. The van der Waals surface area contributed by atoms with Gasteiger partial charge in [0.25, 0.3) is 0 Å². The van der Waals surface area contributed by atoms with Gasteiger partial charge in [-0.15, -0.1) is 0 Å². The van der Waals surface area contributed by atoms with Crippen LogP contribution in [0.4, 0.5) is 19.1 Å². The van der Waals surface area contributed by atoms with Crippen LogP contribution >= 0.6 is 0 Å². The topological polar surface area (TPSA) is 93.8 Å². The zero-order chi connectivity index (χ0) is 20.3. The number of pyridine rings is 1. The van der Waals surface area contributed by atoms with E-state index in [1.165, 1.54) is 18.5 Å². The van der Waals surface area contributed by atoms with Crippen LogP contribution in [0.3, 0.4) is 0 Å². The van der Waals surface area contributed by atoms with Crippen LogP contribution in [-0.2, 0) is 11.0 Å². The molecule has 0 aliphatic rings. The Bertz CT molecular complexity index is 978. The van der Waals surface area contributed by atoms with Crippen molar-refractivity contribution in [3.63, 3.8) is 0 Å². The number of nitrogens with zero attached hydrogens (tertiary/aromatic N) is 3. The number of benzene rings is 1. The standard InChI is InChI=1S/C18H16F3N5OS/c1-11(18(19,20)21)26-28(27)16-5-3-2-4-14(16)12-6-7-15(23-8-12)13-9-24-17(22)25-10-13/h2-11,26H,1H3,(H2,22,24,25). The summed E-state index contributed by atoms with van der Waals surface area (Å²) in [6.07, 6.45) is 0.134. The number of halogens is 3. The third kappa shape index (κ3) is 4.52. The average molecular weight is 407 g/mol. The highest BCUT2D eigenvalue weighted by molar-refractivity contribution is 7.83. The Hall–Kier alpha value is -2.85. The lowest BCUT2D eigenvalue weighted by Gasteiger charge is -2.17. The molecule has 0 aliphatic carbocycles. The van der Waals surface area contributed by atoms with Gasteiger partial charge in [0.1, 0.15) is 17.0 Å². The summed E-state index contributed by atoms with van der Waals surface area (Å²) in [5, 5.41) is 0. The van der Waals surface area contributed by atoms with Gasteiger partial charge in [0, 0.05) is 35.3 Å². The van der Waals surface area contributed by atoms with E-state index in [-0.39, 0.29) is 10.8 Å². The second-order valence-corrected chi connectivity index (χ2v) is 7.12. The first-order chi connectivity index (χ1) is 13.3. The molecule has 2 heterocycles. The third-order valence-corrected chi connectivity index (χ3v) is 5.23. The molecule has 0 bridgehead atoms. The summed E-state index contributed by atoms with van der Waals surface area (Å²) in [6, 6.07) is 8.07. The van der Waals surface area contributed by atoms with Crippen molar-refractivity contribution in [2.45, 2.75) is 24.0 Å². The van der Waals surface area contributed by atoms with E-state index in [9.17, 15) is 17.4 Å². The molecule has 3 N–H and O–H groups in total. The molecule has 2 atom stereocenters. The number of nitrogens with two attached hydrogens (primary N) is 1. The number of nitrogens with one attached hydrogen (secondary N) is 1. The van der Waals surface area contributed by atoms with E-state index in [1.807, 2.05) is 0 Å². The van der Waals surface area contributed by atoms with E-state index < -0.39 is 23.2 Å². The fourth-order valence-corrected chi connectivity index (χ4v) is 3.52. The minimum Gasteiger partial charge on any atom is -0.368 e. The number of hydrogen-bond donors (Lipinski definition) is 2. The van der Waals surface area contributed by atoms with Gasteiger partial charge in [-0.2, -0.15) is 13.2 Å². The van der Waals surface area contributed by atoms with Crippen molar-refractivity contribution < 1.29 is 17.4 Å². The fourth-order valence-electron chi connectivity index (χ4n) is 2.35. The van der Waals surface area contributed by atoms with Gasteiger partial charge in [-0.1, -0.05) is 24.3 Å². The molecule has 0 spiro atoms. The van der Waals surface area contributed by atoms with Gasteiger partial charge in [-0.05, 0) is 19.1 Å². The quantitative estimate of drug-likeness (QED) is 0.677. The van der Waals surface area contributed by atoms with Crippen LogP contribution in [0.15, 0.2) is 59.9 Å². The first kappa shape index (κ1) is 19.9. The first-order valence-electron chi connectivity index (χ1n) is 8.13. The van der Waals surface area contributed by atoms with Crippen LogP contribution in [0.2, 0.25) is 0 Å². The summed E-state index contributed by atoms with van der Waals surface area (Å²) in [7, 11) is -2.05. The largest absolute Gasteiger partial charge is 0.404 e. The van der Waals surface area contributed by atoms with Crippen LogP contribution in [0.25, 0.3) is 22.4 Å². The van der Waals surface area contributed by atoms with E-state index >= 15 is 0 Å². The molecule has 10 heteroatoms. The zero-order valence-corrected chi connectivity index (χ0v) is 15.5. The molecule has 0 radical (unpaired) electrons. The van der Waals surface area contributed by atoms with Crippen molar-refractivity contribution in [3.8, 4) is 22.4 Å². The van der Waals surface area contributed by atoms with Gasteiger partial charge in [-0.3, -0.25) is 4.98 Å². The van der Waals surface area contributed by atoms with Gasteiger partial charge in [-0.25, -0.2) is 18.9 Å². The van der Waals surface area contributed by atoms with Crippen molar-refractivity contribution >= 4 is 16.9 Å². The van der Waals surface area contributed by atoms with Crippen LogP contribution in [-0.4, -0.2) is 31.4 Å². The Kier molecular flexibility index (Phi) is 5.71. The predicted molar refractivity (Wildman–Crippen MR) is 100 cm³/mol. The monoisotopic (exact) mass is 407 g/mol. The van der Waals surface area contributed by atoms with Crippen LogP contribution in [0.5, 0.6) is 0 Å². The Balaban J connectivity index is 1.88. The van der Waals surface area contributed by atoms with Crippen molar-refractivity contribution in [2.24, 2.45) is 0 Å². The number of rotatable bonds is 5. The van der Waals surface area contributed by atoms with Gasteiger partial charge in [0.2, 0.25) is 5.95 Å². The summed E-state index contributed by atoms with van der Waals surface area (Å²) in [5.41, 5.74) is 7.87. The first-order valence-corrected chi connectivity index (χ1v) is 9.28. The number of hydrogen-bond acceptors (Lipinski definition) is 5. The van der Waals surface area contributed by atoms with Crippen LogP contribution < -0.4 is 10.5 Å². The molecule has 3 aromatic rings. The maximum absolute atomic E-state index is 12.8. The minimum atomic E-state index is -4.49. The molecule has 0 fully saturated rings. The highest BCUT2D eigenvalue weighted by Gasteiger charge is 2.37. The molecule has 146 valence electrons. The molecule has 1 aromatic carbocycles. The van der Waals surface area contributed by atoms with Crippen LogP contribution in [0, 0.1) is 0 Å². The van der Waals surface area contributed by atoms with Crippen molar-refractivity contribution in [1.82, 2.24) is 19.7 Å². The second-order valence-electron chi connectivity index (χ2n) is 5.91. The van der Waals surface area contributed by atoms with E-state index in [0.29, 0.717) is 22.4 Å². The lowest BCUT2D eigenvalue weighted by atomic mass is 10.1. The van der Waals surface area contributed by atoms with E-state index in [4.69, 9.17) is 5.73 Å². The highest BCUT2D eigenvalue weighted by atomic mass is 32.2. The summed E-state index contributed by atoms with van der Waals surface area (Å²) in [5.74, 6) is 0.150. The van der Waals surface area contributed by atoms with Crippen molar-refractivity contribution in [1.29, 1.82) is 0 Å². The third-order valence-electron chi connectivity index (χ3n) is 3.90. The predicted octanol–water partition coefficient (Wildman–Crippen LogP) is 3.35.